The lowest BCUT2D eigenvalue weighted by molar-refractivity contribution is -0.123. The van der Waals surface area contributed by atoms with Gasteiger partial charge in [0.05, 0.1) is 24.3 Å². The molecule has 0 saturated carbocycles. The number of hydrogen-bond donors (Lipinski definition) is 1. The summed E-state index contributed by atoms with van der Waals surface area (Å²) in [5, 5.41) is 2.94. The van der Waals surface area contributed by atoms with Crippen LogP contribution in [0, 0.1) is 6.92 Å². The fraction of sp³-hybridized carbons (Fsp3) is 0.333. The Balaban J connectivity index is 2.07. The van der Waals surface area contributed by atoms with Crippen LogP contribution in [0.5, 0.6) is 11.5 Å². The molecule has 1 N–H and O–H groups in total. The number of carbonyl (C=O) groups excluding carboxylic acids is 2. The van der Waals surface area contributed by atoms with Gasteiger partial charge in [-0.25, -0.2) is 4.79 Å². The van der Waals surface area contributed by atoms with E-state index < -0.39 is 18.0 Å². The number of carbonyl (C=O) groups is 2. The number of aryl methyl sites for hydroxylation is 1. The summed E-state index contributed by atoms with van der Waals surface area (Å²) >= 11 is 6.22. The highest BCUT2D eigenvalue weighted by Crippen LogP contribution is 2.36. The molecule has 0 bridgehead atoms. The molecule has 28 heavy (non-hydrogen) atoms. The van der Waals surface area contributed by atoms with Crippen molar-refractivity contribution in [2.24, 2.45) is 0 Å². The van der Waals surface area contributed by atoms with Crippen molar-refractivity contribution < 1.29 is 23.8 Å². The zero-order chi connectivity index (χ0) is 20.7. The molecule has 1 amide bonds. The van der Waals surface area contributed by atoms with Crippen LogP contribution in [0.3, 0.4) is 0 Å². The molecular weight excluding hydrogens is 382 g/mol. The molecular formula is C21H24ClNO5. The average molecular weight is 406 g/mol. The van der Waals surface area contributed by atoms with Crippen LogP contribution in [0.1, 0.15) is 36.2 Å². The van der Waals surface area contributed by atoms with Gasteiger partial charge in [0.1, 0.15) is 0 Å². The van der Waals surface area contributed by atoms with Crippen molar-refractivity contribution in [2.75, 3.05) is 19.0 Å². The smallest absolute Gasteiger partial charge is 0.339 e. The maximum Gasteiger partial charge on any atom is 0.339 e. The van der Waals surface area contributed by atoms with E-state index in [1.807, 2.05) is 26.0 Å². The van der Waals surface area contributed by atoms with Gasteiger partial charge < -0.3 is 19.5 Å². The van der Waals surface area contributed by atoms with Crippen LogP contribution in [-0.2, 0) is 9.53 Å². The van der Waals surface area contributed by atoms with Crippen molar-refractivity contribution in [2.45, 2.75) is 33.3 Å². The molecule has 0 aromatic heterocycles. The van der Waals surface area contributed by atoms with E-state index in [0.29, 0.717) is 23.8 Å². The summed E-state index contributed by atoms with van der Waals surface area (Å²) in [5.41, 5.74) is 1.87. The second-order valence-corrected chi connectivity index (χ2v) is 6.65. The van der Waals surface area contributed by atoms with E-state index in [1.165, 1.54) is 26.2 Å². The molecule has 0 unspecified atom stereocenters. The quantitative estimate of drug-likeness (QED) is 0.648. The fourth-order valence-corrected chi connectivity index (χ4v) is 2.61. The summed E-state index contributed by atoms with van der Waals surface area (Å²) in [6, 6.07) is 10.2. The van der Waals surface area contributed by atoms with Crippen LogP contribution < -0.4 is 14.8 Å². The molecule has 6 nitrogen and oxygen atoms in total. The maximum atomic E-state index is 12.4. The van der Waals surface area contributed by atoms with Gasteiger partial charge >= 0.3 is 5.97 Å². The van der Waals surface area contributed by atoms with Crippen molar-refractivity contribution in [3.8, 4) is 11.5 Å². The summed E-state index contributed by atoms with van der Waals surface area (Å²) in [4.78, 5) is 24.7. The first-order chi connectivity index (χ1) is 13.3. The van der Waals surface area contributed by atoms with E-state index in [2.05, 4.69) is 5.32 Å². The number of rotatable bonds is 8. The lowest BCUT2D eigenvalue weighted by Gasteiger charge is -2.16. The first kappa shape index (κ1) is 21.6. The van der Waals surface area contributed by atoms with Gasteiger partial charge in [-0.15, -0.1) is 0 Å². The Hall–Kier alpha value is -2.73. The van der Waals surface area contributed by atoms with Gasteiger partial charge in [0.2, 0.25) is 0 Å². The van der Waals surface area contributed by atoms with Gasteiger partial charge in [0.15, 0.2) is 17.6 Å². The zero-order valence-electron chi connectivity index (χ0n) is 16.4. The molecule has 2 aromatic carbocycles. The minimum Gasteiger partial charge on any atom is -0.493 e. The zero-order valence-corrected chi connectivity index (χ0v) is 17.1. The molecule has 0 spiro atoms. The van der Waals surface area contributed by atoms with Crippen LogP contribution in [-0.4, -0.2) is 31.7 Å². The van der Waals surface area contributed by atoms with Crippen LogP contribution in [0.15, 0.2) is 36.4 Å². The third-order valence-electron chi connectivity index (χ3n) is 3.89. The standard InChI is InChI=1S/C21H24ClNO5/c1-5-10-27-19-17(22)11-15(12-18(19)26-4)21(25)28-14(3)20(24)23-16-8-6-13(2)7-9-16/h6-9,11-12,14H,5,10H2,1-4H3,(H,23,24)/t14-/m0/s1. The van der Waals surface area contributed by atoms with Crippen molar-refractivity contribution in [1.82, 2.24) is 0 Å². The third kappa shape index (κ3) is 5.63. The molecule has 7 heteroatoms. The van der Waals surface area contributed by atoms with Crippen molar-refractivity contribution in [3.63, 3.8) is 0 Å². The summed E-state index contributed by atoms with van der Waals surface area (Å²) in [7, 11) is 1.46. The highest BCUT2D eigenvalue weighted by Gasteiger charge is 2.22. The highest BCUT2D eigenvalue weighted by atomic mass is 35.5. The Bertz CT molecular complexity index is 835. The Kier molecular flexibility index (Phi) is 7.70. The molecule has 1 atom stereocenters. The van der Waals surface area contributed by atoms with E-state index in [9.17, 15) is 9.59 Å². The van der Waals surface area contributed by atoms with Gasteiger partial charge in [-0.05, 0) is 44.5 Å². The molecule has 2 rings (SSSR count). The van der Waals surface area contributed by atoms with Crippen LogP contribution in [0.4, 0.5) is 5.69 Å². The second-order valence-electron chi connectivity index (χ2n) is 6.24. The number of nitrogens with one attached hydrogen (secondary N) is 1. The molecule has 0 aliphatic carbocycles. The Morgan fingerprint density at radius 2 is 1.86 bits per heavy atom. The van der Waals surface area contributed by atoms with Crippen LogP contribution in [0.2, 0.25) is 5.02 Å². The average Bonchev–Trinajstić information content (AvgIpc) is 2.68. The molecule has 2 aromatic rings. The number of anilines is 1. The topological polar surface area (TPSA) is 73.9 Å². The lowest BCUT2D eigenvalue weighted by Crippen LogP contribution is -2.30. The van der Waals surface area contributed by atoms with E-state index in [1.54, 1.807) is 12.1 Å². The second kappa shape index (κ2) is 9.99. The van der Waals surface area contributed by atoms with E-state index in [4.69, 9.17) is 25.8 Å². The number of methoxy groups -OCH3 is 1. The SMILES string of the molecule is CCCOc1c(Cl)cc(C(=O)O[C@@H](C)C(=O)Nc2ccc(C)cc2)cc1OC. The minimum absolute atomic E-state index is 0.167. The Morgan fingerprint density at radius 1 is 1.18 bits per heavy atom. The lowest BCUT2D eigenvalue weighted by atomic mass is 10.2. The summed E-state index contributed by atoms with van der Waals surface area (Å²) in [6.45, 7) is 5.89. The monoisotopic (exact) mass is 405 g/mol. The molecule has 0 radical (unpaired) electrons. The number of esters is 1. The van der Waals surface area contributed by atoms with Crippen molar-refractivity contribution >= 4 is 29.2 Å². The van der Waals surface area contributed by atoms with E-state index in [0.717, 1.165) is 12.0 Å². The number of halogens is 1. The number of benzene rings is 2. The van der Waals surface area contributed by atoms with Gasteiger partial charge in [-0.1, -0.05) is 36.2 Å². The van der Waals surface area contributed by atoms with Gasteiger partial charge in [0.25, 0.3) is 5.91 Å². The molecule has 150 valence electrons. The molecule has 0 aliphatic heterocycles. The van der Waals surface area contributed by atoms with Gasteiger partial charge in [0, 0.05) is 5.69 Å². The Morgan fingerprint density at radius 3 is 2.46 bits per heavy atom. The third-order valence-corrected chi connectivity index (χ3v) is 4.17. The molecule has 0 fully saturated rings. The van der Waals surface area contributed by atoms with Crippen LogP contribution in [0.25, 0.3) is 0 Å². The Labute approximate surface area is 169 Å². The molecule has 0 aliphatic rings. The molecule has 0 heterocycles. The highest BCUT2D eigenvalue weighted by molar-refractivity contribution is 6.32. The largest absolute Gasteiger partial charge is 0.493 e. The van der Waals surface area contributed by atoms with E-state index in [-0.39, 0.29) is 10.6 Å². The van der Waals surface area contributed by atoms with E-state index >= 15 is 0 Å². The van der Waals surface area contributed by atoms with Crippen molar-refractivity contribution in [1.29, 1.82) is 0 Å². The predicted molar refractivity (Wildman–Crippen MR) is 108 cm³/mol. The number of ether oxygens (including phenoxy) is 3. The summed E-state index contributed by atoms with van der Waals surface area (Å²) in [6.07, 6.45) is -0.189. The maximum absolute atomic E-state index is 12.4. The van der Waals surface area contributed by atoms with Gasteiger partial charge in [-0.3, -0.25) is 4.79 Å². The minimum atomic E-state index is -0.991. The summed E-state index contributed by atoms with van der Waals surface area (Å²) < 4.78 is 16.1. The van der Waals surface area contributed by atoms with Gasteiger partial charge in [-0.2, -0.15) is 0 Å². The first-order valence-corrected chi connectivity index (χ1v) is 9.32. The predicted octanol–water partition coefficient (Wildman–Crippen LogP) is 4.63. The van der Waals surface area contributed by atoms with Crippen LogP contribution >= 0.6 is 11.6 Å². The van der Waals surface area contributed by atoms with Crippen molar-refractivity contribution in [3.05, 3.63) is 52.5 Å². The molecule has 0 saturated heterocycles. The first-order valence-electron chi connectivity index (χ1n) is 8.94. The normalized spacial score (nSPS) is 11.5. The fourth-order valence-electron chi connectivity index (χ4n) is 2.34. The number of amides is 1. The summed E-state index contributed by atoms with van der Waals surface area (Å²) in [5.74, 6) is -0.427. The number of hydrogen-bond acceptors (Lipinski definition) is 5.